The highest BCUT2D eigenvalue weighted by atomic mass is 16.2. The van der Waals surface area contributed by atoms with Crippen LogP contribution in [0.3, 0.4) is 0 Å². The van der Waals surface area contributed by atoms with Gasteiger partial charge in [-0.15, -0.1) is 0 Å². The van der Waals surface area contributed by atoms with Gasteiger partial charge in [-0.25, -0.2) is 0 Å². The van der Waals surface area contributed by atoms with E-state index in [0.29, 0.717) is 17.7 Å². The number of benzene rings is 2. The molecule has 29 heavy (non-hydrogen) atoms. The second-order valence-corrected chi connectivity index (χ2v) is 7.33. The van der Waals surface area contributed by atoms with Crippen LogP contribution in [0.1, 0.15) is 52.5 Å². The van der Waals surface area contributed by atoms with Crippen molar-refractivity contribution in [1.29, 1.82) is 0 Å². The molecule has 0 saturated carbocycles. The Bertz CT molecular complexity index is 843. The van der Waals surface area contributed by atoms with Gasteiger partial charge >= 0.3 is 0 Å². The molecular weight excluding hydrogens is 366 g/mol. The first-order valence-electron chi connectivity index (χ1n) is 10.1. The lowest BCUT2D eigenvalue weighted by Crippen LogP contribution is -2.44. The molecule has 1 aliphatic heterocycles. The van der Waals surface area contributed by atoms with E-state index in [2.05, 4.69) is 10.6 Å². The highest BCUT2D eigenvalue weighted by Gasteiger charge is 2.18. The third-order valence-electron chi connectivity index (χ3n) is 5.09. The average molecular weight is 393 g/mol. The molecule has 1 unspecified atom stereocenters. The molecule has 2 N–H and O–H groups in total. The molecule has 0 radical (unpaired) electrons. The summed E-state index contributed by atoms with van der Waals surface area (Å²) in [6.45, 7) is 3.63. The van der Waals surface area contributed by atoms with Crippen molar-refractivity contribution in [3.05, 3.63) is 71.3 Å². The Morgan fingerprint density at radius 3 is 2.21 bits per heavy atom. The minimum Gasteiger partial charge on any atom is -0.350 e. The highest BCUT2D eigenvalue weighted by Crippen LogP contribution is 2.14. The van der Waals surface area contributed by atoms with Crippen molar-refractivity contribution in [2.75, 3.05) is 13.1 Å². The van der Waals surface area contributed by atoms with Gasteiger partial charge in [0.25, 0.3) is 11.8 Å². The number of nitrogens with one attached hydrogen (secondary N) is 2. The maximum Gasteiger partial charge on any atom is 0.253 e. The lowest BCUT2D eigenvalue weighted by atomic mass is 10.1. The van der Waals surface area contributed by atoms with Crippen molar-refractivity contribution in [1.82, 2.24) is 15.5 Å². The van der Waals surface area contributed by atoms with Crippen LogP contribution in [-0.4, -0.2) is 41.8 Å². The fourth-order valence-corrected chi connectivity index (χ4v) is 3.32. The fraction of sp³-hybridized carbons (Fsp3) is 0.348. The van der Waals surface area contributed by atoms with E-state index < -0.39 is 6.04 Å². The van der Waals surface area contributed by atoms with E-state index in [0.717, 1.165) is 31.5 Å². The summed E-state index contributed by atoms with van der Waals surface area (Å²) < 4.78 is 0. The van der Waals surface area contributed by atoms with Gasteiger partial charge in [0.05, 0.1) is 0 Å². The Hall–Kier alpha value is -3.15. The van der Waals surface area contributed by atoms with E-state index in [1.54, 1.807) is 43.3 Å². The maximum atomic E-state index is 12.5. The number of hydrogen-bond acceptors (Lipinski definition) is 3. The van der Waals surface area contributed by atoms with Crippen LogP contribution in [0.25, 0.3) is 0 Å². The van der Waals surface area contributed by atoms with Crippen LogP contribution in [0.5, 0.6) is 0 Å². The van der Waals surface area contributed by atoms with E-state index in [1.807, 2.05) is 23.1 Å². The molecule has 1 fully saturated rings. The van der Waals surface area contributed by atoms with Gasteiger partial charge in [-0.3, -0.25) is 14.4 Å². The zero-order valence-electron chi connectivity index (χ0n) is 16.7. The van der Waals surface area contributed by atoms with Crippen molar-refractivity contribution < 1.29 is 14.4 Å². The number of likely N-dealkylation sites (tertiary alicyclic amines) is 1. The molecule has 0 spiro atoms. The van der Waals surface area contributed by atoms with Crippen LogP contribution in [-0.2, 0) is 11.3 Å². The minimum absolute atomic E-state index is 0.0672. The minimum atomic E-state index is -0.650. The number of rotatable bonds is 6. The molecule has 1 heterocycles. The largest absolute Gasteiger partial charge is 0.350 e. The van der Waals surface area contributed by atoms with E-state index in [1.165, 1.54) is 6.42 Å². The van der Waals surface area contributed by atoms with Crippen LogP contribution in [0.2, 0.25) is 0 Å². The van der Waals surface area contributed by atoms with Crippen LogP contribution in [0, 0.1) is 0 Å². The van der Waals surface area contributed by atoms with Crippen molar-refractivity contribution >= 4 is 17.7 Å². The fourth-order valence-electron chi connectivity index (χ4n) is 3.32. The smallest absolute Gasteiger partial charge is 0.253 e. The van der Waals surface area contributed by atoms with Crippen LogP contribution in [0.15, 0.2) is 54.6 Å². The Morgan fingerprint density at radius 2 is 1.55 bits per heavy atom. The number of carbonyl (C=O) groups excluding carboxylic acids is 3. The molecule has 1 saturated heterocycles. The number of amides is 3. The van der Waals surface area contributed by atoms with Crippen LogP contribution in [0.4, 0.5) is 0 Å². The van der Waals surface area contributed by atoms with E-state index in [9.17, 15) is 14.4 Å². The summed E-state index contributed by atoms with van der Waals surface area (Å²) in [5.74, 6) is -0.478. The molecular formula is C23H27N3O3. The molecule has 152 valence electrons. The highest BCUT2D eigenvalue weighted by molar-refractivity contribution is 5.97. The topological polar surface area (TPSA) is 78.5 Å². The summed E-state index contributed by atoms with van der Waals surface area (Å²) >= 11 is 0. The Kier molecular flexibility index (Phi) is 7.00. The first kappa shape index (κ1) is 20.6. The second-order valence-electron chi connectivity index (χ2n) is 7.33. The summed E-state index contributed by atoms with van der Waals surface area (Å²) in [6.07, 6.45) is 3.32. The van der Waals surface area contributed by atoms with Gasteiger partial charge in [0.2, 0.25) is 5.91 Å². The molecule has 1 atom stereocenters. The molecule has 0 aliphatic carbocycles. The van der Waals surface area contributed by atoms with Gasteiger partial charge in [0.15, 0.2) is 0 Å². The molecule has 0 bridgehead atoms. The van der Waals surface area contributed by atoms with Crippen molar-refractivity contribution in [2.45, 2.75) is 38.8 Å². The summed E-state index contributed by atoms with van der Waals surface area (Å²) in [5.41, 5.74) is 2.08. The summed E-state index contributed by atoms with van der Waals surface area (Å²) in [4.78, 5) is 38.8. The first-order chi connectivity index (χ1) is 14.0. The van der Waals surface area contributed by atoms with Gasteiger partial charge < -0.3 is 15.5 Å². The molecule has 3 amide bonds. The molecule has 1 aliphatic rings. The zero-order valence-corrected chi connectivity index (χ0v) is 16.7. The molecule has 2 aromatic rings. The molecule has 6 nitrogen and oxygen atoms in total. The molecule has 6 heteroatoms. The lowest BCUT2D eigenvalue weighted by molar-refractivity contribution is -0.122. The summed E-state index contributed by atoms with van der Waals surface area (Å²) in [7, 11) is 0. The first-order valence-corrected chi connectivity index (χ1v) is 10.1. The van der Waals surface area contributed by atoms with E-state index >= 15 is 0 Å². The Labute approximate surface area is 171 Å². The summed E-state index contributed by atoms with van der Waals surface area (Å²) in [5, 5.41) is 5.51. The summed E-state index contributed by atoms with van der Waals surface area (Å²) in [6, 6.07) is 15.5. The normalized spacial score (nSPS) is 14.7. The van der Waals surface area contributed by atoms with Crippen LogP contribution < -0.4 is 10.6 Å². The standard InChI is InChI=1S/C23H27N3O3/c1-17(25-22(28)19-8-4-2-5-9-19)21(27)24-16-18-10-12-20(13-11-18)23(29)26-14-6-3-7-15-26/h2,4-5,8-13,17H,3,6-7,14-16H2,1H3,(H,24,27)(H,25,28). The third kappa shape index (κ3) is 5.67. The number of hydrogen-bond donors (Lipinski definition) is 2. The predicted molar refractivity (Wildman–Crippen MR) is 111 cm³/mol. The Morgan fingerprint density at radius 1 is 0.897 bits per heavy atom. The Balaban J connectivity index is 1.48. The SMILES string of the molecule is CC(NC(=O)c1ccccc1)C(=O)NCc1ccc(C(=O)N2CCCCC2)cc1. The molecule has 3 rings (SSSR count). The van der Waals surface area contributed by atoms with Gasteiger partial charge in [-0.2, -0.15) is 0 Å². The second kappa shape index (κ2) is 9.87. The lowest BCUT2D eigenvalue weighted by Gasteiger charge is -2.26. The van der Waals surface area contributed by atoms with E-state index in [-0.39, 0.29) is 17.7 Å². The average Bonchev–Trinajstić information content (AvgIpc) is 2.78. The maximum absolute atomic E-state index is 12.5. The van der Waals surface area contributed by atoms with Crippen LogP contribution >= 0.6 is 0 Å². The monoisotopic (exact) mass is 393 g/mol. The van der Waals surface area contributed by atoms with Crippen molar-refractivity contribution in [2.24, 2.45) is 0 Å². The zero-order chi connectivity index (χ0) is 20.6. The third-order valence-corrected chi connectivity index (χ3v) is 5.09. The predicted octanol–water partition coefficient (Wildman–Crippen LogP) is 2.75. The van der Waals surface area contributed by atoms with Gasteiger partial charge in [-0.1, -0.05) is 30.3 Å². The quantitative estimate of drug-likeness (QED) is 0.792. The number of nitrogens with zero attached hydrogens (tertiary/aromatic N) is 1. The van der Waals surface area contributed by atoms with Crippen molar-refractivity contribution in [3.8, 4) is 0 Å². The van der Waals surface area contributed by atoms with Gasteiger partial charge in [0.1, 0.15) is 6.04 Å². The number of piperidine rings is 1. The molecule has 2 aromatic carbocycles. The number of carbonyl (C=O) groups is 3. The van der Waals surface area contributed by atoms with Gasteiger partial charge in [0, 0.05) is 30.8 Å². The van der Waals surface area contributed by atoms with Crippen molar-refractivity contribution in [3.63, 3.8) is 0 Å². The molecule has 0 aromatic heterocycles. The van der Waals surface area contributed by atoms with Gasteiger partial charge in [-0.05, 0) is 56.0 Å². The van der Waals surface area contributed by atoms with E-state index in [4.69, 9.17) is 0 Å².